The molecule has 0 saturated carbocycles. The van der Waals surface area contributed by atoms with Crippen molar-refractivity contribution in [2.24, 2.45) is 17.1 Å². The number of carbonyl (C=O) groups is 2. The number of carbonyl (C=O) groups excluding carboxylic acids is 2. The standard InChI is InChI=1S/C14H25N3O2.ClH/c1-14(2)9-17(7-5-11(14)15)13(19)10-4-6-16(3)12(18)8-10;/h10-11H,4-9,15H2,1-3H3;1H. The molecule has 2 fully saturated rings. The van der Waals surface area contributed by atoms with Gasteiger partial charge in [-0.3, -0.25) is 9.59 Å². The van der Waals surface area contributed by atoms with Crippen molar-refractivity contribution in [3.05, 3.63) is 0 Å². The molecule has 0 aliphatic carbocycles. The van der Waals surface area contributed by atoms with Gasteiger partial charge in [0.05, 0.1) is 0 Å². The molecule has 2 rings (SSSR count). The Morgan fingerprint density at radius 2 is 1.95 bits per heavy atom. The molecule has 2 unspecified atom stereocenters. The van der Waals surface area contributed by atoms with Crippen molar-refractivity contribution in [3.8, 4) is 0 Å². The minimum atomic E-state index is -0.131. The van der Waals surface area contributed by atoms with Crippen LogP contribution in [0.4, 0.5) is 0 Å². The van der Waals surface area contributed by atoms with Crippen molar-refractivity contribution < 1.29 is 9.59 Å². The molecular weight excluding hydrogens is 278 g/mol. The molecule has 2 saturated heterocycles. The van der Waals surface area contributed by atoms with Crippen molar-refractivity contribution in [1.82, 2.24) is 9.80 Å². The summed E-state index contributed by atoms with van der Waals surface area (Å²) < 4.78 is 0. The highest BCUT2D eigenvalue weighted by molar-refractivity contribution is 5.87. The van der Waals surface area contributed by atoms with Crippen LogP contribution in [0.5, 0.6) is 0 Å². The number of hydrogen-bond donors (Lipinski definition) is 1. The Balaban J connectivity index is 0.00000200. The van der Waals surface area contributed by atoms with E-state index in [1.165, 1.54) is 0 Å². The van der Waals surface area contributed by atoms with Crippen LogP contribution in [0.1, 0.15) is 33.1 Å². The molecule has 2 aliphatic heterocycles. The third-order valence-corrected chi connectivity index (χ3v) is 4.63. The molecule has 6 heteroatoms. The lowest BCUT2D eigenvalue weighted by molar-refractivity contribution is -0.146. The average Bonchev–Trinajstić information content (AvgIpc) is 2.35. The second-order valence-corrected chi connectivity index (χ2v) is 6.65. The van der Waals surface area contributed by atoms with Gasteiger partial charge in [-0.05, 0) is 18.3 Å². The van der Waals surface area contributed by atoms with Crippen molar-refractivity contribution in [2.45, 2.75) is 39.2 Å². The van der Waals surface area contributed by atoms with E-state index in [1.807, 2.05) is 4.90 Å². The van der Waals surface area contributed by atoms with Crippen LogP contribution in [-0.4, -0.2) is 54.3 Å². The van der Waals surface area contributed by atoms with Crippen molar-refractivity contribution in [3.63, 3.8) is 0 Å². The minimum Gasteiger partial charge on any atom is -0.346 e. The van der Waals surface area contributed by atoms with E-state index in [0.717, 1.165) is 19.4 Å². The van der Waals surface area contributed by atoms with E-state index in [1.54, 1.807) is 11.9 Å². The largest absolute Gasteiger partial charge is 0.346 e. The Kier molecular flexibility index (Phi) is 5.44. The van der Waals surface area contributed by atoms with Crippen LogP contribution in [0, 0.1) is 11.3 Å². The van der Waals surface area contributed by atoms with Gasteiger partial charge in [-0.15, -0.1) is 12.4 Å². The van der Waals surface area contributed by atoms with Crippen LogP contribution >= 0.6 is 12.4 Å². The Morgan fingerprint density at radius 3 is 2.50 bits per heavy atom. The number of likely N-dealkylation sites (tertiary alicyclic amines) is 2. The molecule has 0 aromatic rings. The van der Waals surface area contributed by atoms with Crippen molar-refractivity contribution >= 4 is 24.2 Å². The monoisotopic (exact) mass is 303 g/mol. The first-order valence-corrected chi connectivity index (χ1v) is 7.09. The molecule has 2 amide bonds. The van der Waals surface area contributed by atoms with Gasteiger partial charge < -0.3 is 15.5 Å². The number of rotatable bonds is 1. The first kappa shape index (κ1) is 17.2. The molecule has 20 heavy (non-hydrogen) atoms. The van der Waals surface area contributed by atoms with E-state index >= 15 is 0 Å². The number of hydrogen-bond acceptors (Lipinski definition) is 3. The maximum Gasteiger partial charge on any atom is 0.226 e. The van der Waals surface area contributed by atoms with Crippen LogP contribution in [0.3, 0.4) is 0 Å². The lowest BCUT2D eigenvalue weighted by Gasteiger charge is -2.44. The summed E-state index contributed by atoms with van der Waals surface area (Å²) in [6.45, 7) is 6.33. The molecule has 0 aromatic carbocycles. The number of amides is 2. The zero-order valence-electron chi connectivity index (χ0n) is 12.6. The normalized spacial score (nSPS) is 29.9. The van der Waals surface area contributed by atoms with Crippen LogP contribution in [0.2, 0.25) is 0 Å². The molecular formula is C14H26ClN3O2. The van der Waals surface area contributed by atoms with Crippen LogP contribution in [0.25, 0.3) is 0 Å². The highest BCUT2D eigenvalue weighted by Crippen LogP contribution is 2.30. The van der Waals surface area contributed by atoms with Gasteiger partial charge in [0.25, 0.3) is 0 Å². The van der Waals surface area contributed by atoms with E-state index in [9.17, 15) is 9.59 Å². The fraction of sp³-hybridized carbons (Fsp3) is 0.857. The molecule has 2 aliphatic rings. The lowest BCUT2D eigenvalue weighted by Crippen LogP contribution is -2.55. The fourth-order valence-corrected chi connectivity index (χ4v) is 2.97. The minimum absolute atomic E-state index is 0. The predicted molar refractivity (Wildman–Crippen MR) is 80.6 cm³/mol. The Hall–Kier alpha value is -0.810. The third-order valence-electron chi connectivity index (χ3n) is 4.63. The predicted octanol–water partition coefficient (Wildman–Crippen LogP) is 0.862. The topological polar surface area (TPSA) is 66.6 Å². The van der Waals surface area contributed by atoms with Crippen LogP contribution in [-0.2, 0) is 9.59 Å². The number of nitrogens with zero attached hydrogens (tertiary/aromatic N) is 2. The first-order chi connectivity index (χ1) is 8.81. The number of nitrogens with two attached hydrogens (primary N) is 1. The van der Waals surface area contributed by atoms with E-state index < -0.39 is 0 Å². The smallest absolute Gasteiger partial charge is 0.226 e. The van der Waals surface area contributed by atoms with Gasteiger partial charge in [-0.25, -0.2) is 0 Å². The van der Waals surface area contributed by atoms with E-state index in [2.05, 4.69) is 13.8 Å². The molecule has 2 N–H and O–H groups in total. The Morgan fingerprint density at radius 1 is 1.30 bits per heavy atom. The summed E-state index contributed by atoms with van der Waals surface area (Å²) in [5, 5.41) is 0. The lowest BCUT2D eigenvalue weighted by atomic mass is 9.79. The molecule has 2 heterocycles. The summed E-state index contributed by atoms with van der Waals surface area (Å²) in [6, 6.07) is 0.149. The molecule has 116 valence electrons. The summed E-state index contributed by atoms with van der Waals surface area (Å²) in [5.74, 6) is 0.0906. The fourth-order valence-electron chi connectivity index (χ4n) is 2.97. The highest BCUT2D eigenvalue weighted by Gasteiger charge is 2.38. The number of piperidine rings is 2. The summed E-state index contributed by atoms with van der Waals surface area (Å²) in [5.41, 5.74) is 6.06. The maximum atomic E-state index is 12.5. The molecule has 5 nitrogen and oxygen atoms in total. The summed E-state index contributed by atoms with van der Waals surface area (Å²) in [6.07, 6.45) is 1.99. The molecule has 0 aromatic heterocycles. The van der Waals surface area contributed by atoms with Gasteiger partial charge in [0.2, 0.25) is 11.8 Å². The van der Waals surface area contributed by atoms with Crippen LogP contribution < -0.4 is 5.73 Å². The molecule has 0 radical (unpaired) electrons. The van der Waals surface area contributed by atoms with Gasteiger partial charge in [-0.2, -0.15) is 0 Å². The van der Waals surface area contributed by atoms with E-state index in [0.29, 0.717) is 19.5 Å². The Labute approximate surface area is 127 Å². The summed E-state index contributed by atoms with van der Waals surface area (Å²) in [4.78, 5) is 27.8. The molecule has 0 spiro atoms. The van der Waals surface area contributed by atoms with Crippen molar-refractivity contribution in [1.29, 1.82) is 0 Å². The summed E-state index contributed by atoms with van der Waals surface area (Å²) >= 11 is 0. The van der Waals surface area contributed by atoms with E-state index in [-0.39, 0.29) is 41.6 Å². The third kappa shape index (κ3) is 3.44. The first-order valence-electron chi connectivity index (χ1n) is 7.09. The average molecular weight is 304 g/mol. The van der Waals surface area contributed by atoms with Crippen LogP contribution in [0.15, 0.2) is 0 Å². The SMILES string of the molecule is CN1CCC(C(=O)N2CCC(N)C(C)(C)C2)CC1=O.Cl. The van der Waals surface area contributed by atoms with Gasteiger partial charge in [0.15, 0.2) is 0 Å². The van der Waals surface area contributed by atoms with Gasteiger partial charge in [0.1, 0.15) is 0 Å². The molecule has 2 atom stereocenters. The van der Waals surface area contributed by atoms with Gasteiger partial charge in [-0.1, -0.05) is 13.8 Å². The Bertz CT molecular complexity index is 387. The molecule has 0 bridgehead atoms. The highest BCUT2D eigenvalue weighted by atomic mass is 35.5. The van der Waals surface area contributed by atoms with Gasteiger partial charge >= 0.3 is 0 Å². The quantitative estimate of drug-likeness (QED) is 0.781. The van der Waals surface area contributed by atoms with Crippen molar-refractivity contribution in [2.75, 3.05) is 26.7 Å². The number of halogens is 1. The summed E-state index contributed by atoms with van der Waals surface area (Å²) in [7, 11) is 1.80. The second kappa shape index (κ2) is 6.31. The zero-order chi connectivity index (χ0) is 14.2. The maximum absolute atomic E-state index is 12.5. The van der Waals surface area contributed by atoms with Gasteiger partial charge in [0, 0.05) is 45.1 Å². The zero-order valence-corrected chi connectivity index (χ0v) is 13.4. The van der Waals surface area contributed by atoms with E-state index in [4.69, 9.17) is 5.73 Å². The second-order valence-electron chi connectivity index (χ2n) is 6.65.